The number of nitrogens with zero attached hydrogens (tertiary/aromatic N) is 1. The molecular formula is C25H26ClF2NO6S. The lowest BCUT2D eigenvalue weighted by Gasteiger charge is -2.34. The molecule has 0 amide bonds. The van der Waals surface area contributed by atoms with Crippen molar-refractivity contribution >= 4 is 27.4 Å². The molecule has 0 bridgehead atoms. The Kier molecular flexibility index (Phi) is 5.98. The minimum absolute atomic E-state index is 0.00557. The summed E-state index contributed by atoms with van der Waals surface area (Å²) < 4.78 is 65.8. The van der Waals surface area contributed by atoms with Gasteiger partial charge in [0, 0.05) is 36.4 Å². The number of halogens is 3. The first-order valence-electron chi connectivity index (χ1n) is 11.9. The van der Waals surface area contributed by atoms with E-state index < -0.39 is 38.6 Å². The molecule has 1 atom stereocenters. The molecule has 0 radical (unpaired) electrons. The van der Waals surface area contributed by atoms with Gasteiger partial charge in [-0.3, -0.25) is 4.79 Å². The number of alkyl halides is 2. The summed E-state index contributed by atoms with van der Waals surface area (Å²) in [5, 5.41) is -0.954. The maximum Gasteiger partial charge on any atom is 0.344 e. The van der Waals surface area contributed by atoms with E-state index in [1.807, 2.05) is 0 Å². The van der Waals surface area contributed by atoms with Crippen LogP contribution in [0, 0.1) is 5.92 Å². The highest BCUT2D eigenvalue weighted by Crippen LogP contribution is 2.50. The lowest BCUT2D eigenvalue weighted by molar-refractivity contribution is -0.119. The highest BCUT2D eigenvalue weighted by Gasteiger charge is 2.46. The standard InChI is InChI=1S/C25H26ClF2NO6S/c1-12(2)35-24(31)18-6-16-13(3)36(32,33)21-8-20(34-11-14-9-25(27,28)10-14)19(26)7-17(21)22(16)29(23(18)30)15-4-5-15/h6-8,12-15H,4-5,9-11H2,1-3H3. The number of carbonyl (C=O) groups excluding carboxylic acids is 1. The second kappa shape index (κ2) is 8.55. The predicted molar refractivity (Wildman–Crippen MR) is 129 cm³/mol. The fraction of sp³-hybridized carbons (Fsp3) is 0.520. The molecular weight excluding hydrogens is 516 g/mol. The third kappa shape index (κ3) is 4.22. The van der Waals surface area contributed by atoms with Gasteiger partial charge in [-0.2, -0.15) is 0 Å². The molecule has 2 aliphatic carbocycles. The van der Waals surface area contributed by atoms with Gasteiger partial charge in [0.25, 0.3) is 5.56 Å². The Balaban J connectivity index is 1.63. The Morgan fingerprint density at radius 2 is 1.89 bits per heavy atom. The molecule has 36 heavy (non-hydrogen) atoms. The number of ether oxygens (including phenoxy) is 2. The van der Waals surface area contributed by atoms with E-state index >= 15 is 0 Å². The molecule has 2 saturated carbocycles. The Hall–Kier alpha value is -2.46. The number of hydrogen-bond donors (Lipinski definition) is 0. The highest BCUT2D eigenvalue weighted by molar-refractivity contribution is 7.92. The van der Waals surface area contributed by atoms with Gasteiger partial charge >= 0.3 is 5.97 Å². The molecule has 0 spiro atoms. The number of benzene rings is 1. The molecule has 194 valence electrons. The van der Waals surface area contributed by atoms with Gasteiger partial charge < -0.3 is 14.0 Å². The van der Waals surface area contributed by atoms with Crippen molar-refractivity contribution in [3.05, 3.63) is 44.7 Å². The average molecular weight is 542 g/mol. The largest absolute Gasteiger partial charge is 0.492 e. The minimum atomic E-state index is -3.95. The summed E-state index contributed by atoms with van der Waals surface area (Å²) in [6.07, 6.45) is 0.410. The van der Waals surface area contributed by atoms with Crippen molar-refractivity contribution in [1.82, 2.24) is 4.57 Å². The summed E-state index contributed by atoms with van der Waals surface area (Å²) in [5.74, 6) is -3.75. The summed E-state index contributed by atoms with van der Waals surface area (Å²) in [4.78, 5) is 26.1. The second-order valence-electron chi connectivity index (χ2n) is 10.1. The van der Waals surface area contributed by atoms with E-state index in [1.165, 1.54) is 29.7 Å². The molecule has 5 rings (SSSR count). The SMILES string of the molecule is CC(C)OC(=O)c1cc2c(n(C3CC3)c1=O)-c1cc(Cl)c(OCC3CC(F)(F)C3)cc1S(=O)(=O)C2C. The molecule has 2 fully saturated rings. The fourth-order valence-corrected chi connectivity index (χ4v) is 6.74. The second-order valence-corrected chi connectivity index (χ2v) is 12.8. The van der Waals surface area contributed by atoms with Crippen molar-refractivity contribution in [1.29, 1.82) is 0 Å². The average Bonchev–Trinajstić information content (AvgIpc) is 3.59. The molecule has 2 aromatic rings. The normalized spacial score (nSPS) is 21.9. The zero-order chi connectivity index (χ0) is 26.2. The van der Waals surface area contributed by atoms with Gasteiger partial charge in [0.2, 0.25) is 5.92 Å². The third-order valence-electron chi connectivity index (χ3n) is 6.89. The van der Waals surface area contributed by atoms with E-state index in [0.717, 1.165) is 0 Å². The van der Waals surface area contributed by atoms with Gasteiger partial charge in [-0.25, -0.2) is 22.0 Å². The van der Waals surface area contributed by atoms with Crippen molar-refractivity contribution in [3.8, 4) is 17.0 Å². The Bertz CT molecular complexity index is 1420. The van der Waals surface area contributed by atoms with E-state index in [2.05, 4.69) is 0 Å². The minimum Gasteiger partial charge on any atom is -0.492 e. The van der Waals surface area contributed by atoms with Crippen LogP contribution in [0.4, 0.5) is 8.78 Å². The van der Waals surface area contributed by atoms with Crippen LogP contribution in [0.1, 0.15) is 73.7 Å². The molecule has 1 aliphatic heterocycles. The van der Waals surface area contributed by atoms with E-state index in [0.29, 0.717) is 24.1 Å². The first-order valence-corrected chi connectivity index (χ1v) is 13.8. The molecule has 7 nitrogen and oxygen atoms in total. The molecule has 0 N–H and O–H groups in total. The first kappa shape index (κ1) is 25.2. The number of pyridine rings is 1. The van der Waals surface area contributed by atoms with E-state index in [4.69, 9.17) is 21.1 Å². The summed E-state index contributed by atoms with van der Waals surface area (Å²) >= 11 is 6.45. The van der Waals surface area contributed by atoms with Gasteiger partial charge in [-0.05, 0) is 51.3 Å². The highest BCUT2D eigenvalue weighted by atomic mass is 35.5. The number of esters is 1. The van der Waals surface area contributed by atoms with Gasteiger partial charge in [0.05, 0.1) is 33.6 Å². The van der Waals surface area contributed by atoms with Gasteiger partial charge in [0.15, 0.2) is 9.84 Å². The maximum atomic E-state index is 13.6. The quantitative estimate of drug-likeness (QED) is 0.458. The van der Waals surface area contributed by atoms with Crippen LogP contribution in [0.3, 0.4) is 0 Å². The maximum absolute atomic E-state index is 13.6. The van der Waals surface area contributed by atoms with Crippen LogP contribution in [0.25, 0.3) is 11.3 Å². The van der Waals surface area contributed by atoms with E-state index in [1.54, 1.807) is 13.8 Å². The van der Waals surface area contributed by atoms with Crippen molar-refractivity contribution in [2.24, 2.45) is 5.92 Å². The molecule has 1 unspecified atom stereocenters. The topological polar surface area (TPSA) is 91.7 Å². The van der Waals surface area contributed by atoms with Crippen LogP contribution in [0.5, 0.6) is 5.75 Å². The summed E-state index contributed by atoms with van der Waals surface area (Å²) in [7, 11) is -3.95. The van der Waals surface area contributed by atoms with Gasteiger partial charge in [-0.15, -0.1) is 0 Å². The number of rotatable bonds is 6. The molecule has 0 saturated heterocycles. The van der Waals surface area contributed by atoms with Crippen LogP contribution in [-0.2, 0) is 14.6 Å². The van der Waals surface area contributed by atoms with Crippen LogP contribution in [0.15, 0.2) is 27.9 Å². The molecule has 1 aromatic heterocycles. The molecule has 1 aromatic carbocycles. The van der Waals surface area contributed by atoms with Crippen molar-refractivity contribution in [2.75, 3.05) is 6.61 Å². The first-order chi connectivity index (χ1) is 16.8. The number of sulfone groups is 1. The monoisotopic (exact) mass is 541 g/mol. The van der Waals surface area contributed by atoms with Crippen molar-refractivity contribution in [3.63, 3.8) is 0 Å². The summed E-state index contributed by atoms with van der Waals surface area (Å²) in [5.41, 5.74) is 0.243. The van der Waals surface area contributed by atoms with Crippen molar-refractivity contribution in [2.45, 2.75) is 74.7 Å². The van der Waals surface area contributed by atoms with E-state index in [-0.39, 0.29) is 58.2 Å². The Morgan fingerprint density at radius 1 is 1.22 bits per heavy atom. The summed E-state index contributed by atoms with van der Waals surface area (Å²) in [6, 6.07) is 3.90. The molecule has 3 aliphatic rings. The third-order valence-corrected chi connectivity index (χ3v) is 9.32. The number of carbonyl (C=O) groups is 1. The van der Waals surface area contributed by atoms with Gasteiger partial charge in [-0.1, -0.05) is 11.6 Å². The van der Waals surface area contributed by atoms with E-state index in [9.17, 15) is 26.8 Å². The lowest BCUT2D eigenvalue weighted by Crippen LogP contribution is -2.38. The molecule has 11 heteroatoms. The molecule has 2 heterocycles. The lowest BCUT2D eigenvalue weighted by atomic mass is 9.82. The van der Waals surface area contributed by atoms with Gasteiger partial charge in [0.1, 0.15) is 11.3 Å². The fourth-order valence-electron chi connectivity index (χ4n) is 4.89. The number of hydrogen-bond acceptors (Lipinski definition) is 6. The number of fused-ring (bicyclic) bond motifs is 3. The zero-order valence-corrected chi connectivity index (χ0v) is 21.6. The number of aromatic nitrogens is 1. The van der Waals surface area contributed by atoms with Crippen LogP contribution in [0.2, 0.25) is 5.02 Å². The Morgan fingerprint density at radius 3 is 2.47 bits per heavy atom. The predicted octanol–water partition coefficient (Wildman–Crippen LogP) is 5.34. The van der Waals surface area contributed by atoms with Crippen molar-refractivity contribution < 1.29 is 31.5 Å². The van der Waals surface area contributed by atoms with Crippen LogP contribution >= 0.6 is 11.6 Å². The summed E-state index contributed by atoms with van der Waals surface area (Å²) in [6.45, 7) is 4.82. The zero-order valence-electron chi connectivity index (χ0n) is 20.0. The van der Waals surface area contributed by atoms with Crippen LogP contribution in [-0.4, -0.2) is 37.6 Å². The smallest absolute Gasteiger partial charge is 0.344 e. The Labute approximate surface area is 212 Å². The van der Waals surface area contributed by atoms with Crippen LogP contribution < -0.4 is 10.3 Å².